The summed E-state index contributed by atoms with van der Waals surface area (Å²) in [6, 6.07) is 29.5. The number of carbonyl (C=O) groups is 1. The van der Waals surface area contributed by atoms with Gasteiger partial charge in [-0.1, -0.05) is 78.5 Å². The number of alkyl halides is 3. The minimum Gasteiger partial charge on any atom is -0.335 e. The van der Waals surface area contributed by atoms with E-state index in [9.17, 15) is 18.0 Å². The zero-order valence-corrected chi connectivity index (χ0v) is 27.7. The van der Waals surface area contributed by atoms with Crippen molar-refractivity contribution in [2.24, 2.45) is 0 Å². The lowest BCUT2D eigenvalue weighted by molar-refractivity contribution is -0.137. The molecule has 248 valence electrons. The number of amides is 1. The Hall–Kier alpha value is -4.85. The molecule has 1 saturated heterocycles. The Morgan fingerprint density at radius 3 is 2.22 bits per heavy atom. The molecule has 0 radical (unpaired) electrons. The summed E-state index contributed by atoms with van der Waals surface area (Å²) in [6.45, 7) is 2.59. The molecule has 49 heavy (non-hydrogen) atoms. The van der Waals surface area contributed by atoms with Crippen molar-refractivity contribution in [2.45, 2.75) is 23.1 Å². The van der Waals surface area contributed by atoms with Crippen molar-refractivity contribution in [3.63, 3.8) is 0 Å². The first-order valence-corrected chi connectivity index (χ1v) is 17.5. The Balaban J connectivity index is 1.05. The van der Waals surface area contributed by atoms with Crippen LogP contribution in [-0.4, -0.2) is 66.6 Å². The summed E-state index contributed by atoms with van der Waals surface area (Å²) in [6.07, 6.45) is -1.31. The van der Waals surface area contributed by atoms with Crippen LogP contribution in [0.4, 0.5) is 13.2 Å². The summed E-state index contributed by atoms with van der Waals surface area (Å²) >= 11 is 2.65. The van der Waals surface area contributed by atoms with Gasteiger partial charge in [0.05, 0.1) is 23.0 Å². The largest absolute Gasteiger partial charge is 0.416 e. The van der Waals surface area contributed by atoms with Crippen LogP contribution in [-0.2, 0) is 11.9 Å². The molecule has 1 amide bonds. The van der Waals surface area contributed by atoms with Gasteiger partial charge in [0.2, 0.25) is 0 Å². The van der Waals surface area contributed by atoms with Gasteiger partial charge in [-0.15, -0.1) is 21.5 Å². The number of halogens is 3. The van der Waals surface area contributed by atoms with E-state index in [4.69, 9.17) is 0 Å². The second-order valence-electron chi connectivity index (χ2n) is 11.4. The predicted molar refractivity (Wildman–Crippen MR) is 183 cm³/mol. The van der Waals surface area contributed by atoms with Crippen LogP contribution in [0.2, 0.25) is 0 Å². The van der Waals surface area contributed by atoms with E-state index < -0.39 is 11.7 Å². The van der Waals surface area contributed by atoms with Crippen LogP contribution in [0, 0.1) is 0 Å². The van der Waals surface area contributed by atoms with Gasteiger partial charge in [-0.25, -0.2) is 4.98 Å². The Morgan fingerprint density at radius 1 is 0.857 bits per heavy atom. The molecule has 0 unspecified atom stereocenters. The SMILES string of the molecule is O=C(c1csc(CSc2nnc(-c3cccnc3)n2-c2cccc(C(F)(F)F)c2)n1)N1CCN(C(c2ccccc2)c2ccccc2)CC1. The molecule has 1 fully saturated rings. The topological polar surface area (TPSA) is 80.0 Å². The van der Waals surface area contributed by atoms with Gasteiger partial charge in [-0.2, -0.15) is 13.2 Å². The number of carbonyl (C=O) groups excluding carboxylic acids is 1. The summed E-state index contributed by atoms with van der Waals surface area (Å²) in [5.41, 5.74) is 2.93. The normalized spacial score (nSPS) is 14.0. The Bertz CT molecular complexity index is 1970. The monoisotopic (exact) mass is 697 g/mol. The van der Waals surface area contributed by atoms with E-state index >= 15 is 0 Å². The quantitative estimate of drug-likeness (QED) is 0.144. The number of aromatic nitrogens is 5. The van der Waals surface area contributed by atoms with Crippen LogP contribution in [0.5, 0.6) is 0 Å². The van der Waals surface area contributed by atoms with E-state index in [1.807, 2.05) is 17.0 Å². The van der Waals surface area contributed by atoms with Gasteiger partial charge in [0.1, 0.15) is 10.7 Å². The number of thiazole rings is 1. The maximum atomic E-state index is 13.6. The number of thioether (sulfide) groups is 1. The van der Waals surface area contributed by atoms with Gasteiger partial charge in [-0.3, -0.25) is 19.2 Å². The highest BCUT2D eigenvalue weighted by molar-refractivity contribution is 7.98. The molecule has 8 nitrogen and oxygen atoms in total. The third-order valence-corrected chi connectivity index (χ3v) is 10.2. The fourth-order valence-electron chi connectivity index (χ4n) is 5.93. The second-order valence-corrected chi connectivity index (χ2v) is 13.3. The van der Waals surface area contributed by atoms with Gasteiger partial charge in [-0.05, 0) is 41.5 Å². The molecule has 1 aliphatic rings. The number of benzene rings is 3. The number of piperazine rings is 1. The van der Waals surface area contributed by atoms with Crippen molar-refractivity contribution < 1.29 is 18.0 Å². The van der Waals surface area contributed by atoms with Crippen molar-refractivity contribution in [2.75, 3.05) is 26.2 Å². The molecule has 6 aromatic rings. The number of hydrogen-bond donors (Lipinski definition) is 0. The minimum atomic E-state index is -4.51. The van der Waals surface area contributed by atoms with E-state index in [-0.39, 0.29) is 17.6 Å². The van der Waals surface area contributed by atoms with Gasteiger partial charge < -0.3 is 4.90 Å². The first kappa shape index (κ1) is 32.7. The van der Waals surface area contributed by atoms with Crippen LogP contribution in [0.25, 0.3) is 17.1 Å². The molecule has 0 saturated carbocycles. The lowest BCUT2D eigenvalue weighted by Gasteiger charge is -2.39. The molecular weight excluding hydrogens is 668 g/mol. The van der Waals surface area contributed by atoms with E-state index in [1.165, 1.54) is 40.3 Å². The highest BCUT2D eigenvalue weighted by Gasteiger charge is 2.32. The molecule has 0 spiro atoms. The Morgan fingerprint density at radius 2 is 1.57 bits per heavy atom. The maximum Gasteiger partial charge on any atom is 0.416 e. The molecule has 3 aromatic carbocycles. The average molecular weight is 698 g/mol. The third kappa shape index (κ3) is 7.28. The minimum absolute atomic E-state index is 0.0965. The van der Waals surface area contributed by atoms with Crippen molar-refractivity contribution >= 4 is 29.0 Å². The first-order chi connectivity index (χ1) is 23.8. The molecule has 0 atom stereocenters. The van der Waals surface area contributed by atoms with Crippen LogP contribution >= 0.6 is 23.1 Å². The van der Waals surface area contributed by atoms with Crippen molar-refractivity contribution in [3.05, 3.63) is 142 Å². The lowest BCUT2D eigenvalue weighted by atomic mass is 9.96. The summed E-state index contributed by atoms with van der Waals surface area (Å²) < 4.78 is 42.4. The first-order valence-electron chi connectivity index (χ1n) is 15.6. The van der Waals surface area contributed by atoms with Crippen molar-refractivity contribution in [1.82, 2.24) is 34.5 Å². The molecule has 13 heteroatoms. The van der Waals surface area contributed by atoms with Crippen LogP contribution < -0.4 is 0 Å². The summed E-state index contributed by atoms with van der Waals surface area (Å²) in [5.74, 6) is 0.603. The number of nitrogens with zero attached hydrogens (tertiary/aromatic N) is 7. The molecule has 0 N–H and O–H groups in total. The van der Waals surface area contributed by atoms with E-state index in [0.717, 1.165) is 25.2 Å². The standard InChI is InChI=1S/C36H30F3N7OS2/c37-36(38,39)28-14-7-15-29(21-28)46-33(27-13-8-16-40-22-27)42-43-35(46)49-24-31-41-30(23-48-31)34(47)45-19-17-44(18-20-45)32(25-9-3-1-4-10-25)26-11-5-2-6-12-26/h1-16,21-23,32H,17-20,24H2. The summed E-state index contributed by atoms with van der Waals surface area (Å²) in [5, 5.41) is 11.5. The molecule has 1 aliphatic heterocycles. The molecule has 0 bridgehead atoms. The number of pyridine rings is 1. The third-order valence-electron chi connectivity index (χ3n) is 8.28. The highest BCUT2D eigenvalue weighted by atomic mass is 32.2. The highest BCUT2D eigenvalue weighted by Crippen LogP contribution is 2.35. The number of hydrogen-bond acceptors (Lipinski definition) is 8. The van der Waals surface area contributed by atoms with Crippen LogP contribution in [0.15, 0.2) is 120 Å². The van der Waals surface area contributed by atoms with Crippen molar-refractivity contribution in [3.8, 4) is 17.1 Å². The van der Waals surface area contributed by atoms with Gasteiger partial charge in [0.25, 0.3) is 5.91 Å². The van der Waals surface area contributed by atoms with E-state index in [2.05, 4.69) is 73.6 Å². The van der Waals surface area contributed by atoms with Gasteiger partial charge in [0.15, 0.2) is 11.0 Å². The van der Waals surface area contributed by atoms with Crippen LogP contribution in [0.3, 0.4) is 0 Å². The average Bonchev–Trinajstić information content (AvgIpc) is 3.80. The zero-order chi connectivity index (χ0) is 33.8. The fourth-order valence-corrected chi connectivity index (χ4v) is 7.67. The summed E-state index contributed by atoms with van der Waals surface area (Å²) in [4.78, 5) is 26.6. The van der Waals surface area contributed by atoms with E-state index in [1.54, 1.807) is 40.5 Å². The Labute approximate surface area is 289 Å². The Kier molecular flexibility index (Phi) is 9.56. The predicted octanol–water partition coefficient (Wildman–Crippen LogP) is 7.64. The van der Waals surface area contributed by atoms with Crippen molar-refractivity contribution in [1.29, 1.82) is 0 Å². The molecule has 3 aromatic heterocycles. The molecule has 0 aliphatic carbocycles. The van der Waals surface area contributed by atoms with Gasteiger partial charge >= 0.3 is 6.18 Å². The lowest BCUT2D eigenvalue weighted by Crippen LogP contribution is -2.50. The maximum absolute atomic E-state index is 13.6. The van der Waals surface area contributed by atoms with Crippen LogP contribution in [0.1, 0.15) is 38.2 Å². The fraction of sp³-hybridized carbons (Fsp3) is 0.194. The molecule has 7 rings (SSSR count). The molecular formula is C36H30F3N7OS2. The second kappa shape index (κ2) is 14.3. The zero-order valence-electron chi connectivity index (χ0n) is 26.1. The molecule has 4 heterocycles. The summed E-state index contributed by atoms with van der Waals surface area (Å²) in [7, 11) is 0. The van der Waals surface area contributed by atoms with E-state index in [0.29, 0.717) is 46.1 Å². The number of rotatable bonds is 9. The van der Waals surface area contributed by atoms with Gasteiger partial charge in [0, 0.05) is 49.5 Å². The smallest absolute Gasteiger partial charge is 0.335 e.